The van der Waals surface area contributed by atoms with Gasteiger partial charge in [0.15, 0.2) is 0 Å². The van der Waals surface area contributed by atoms with Crippen LogP contribution in [0.2, 0.25) is 0 Å². The van der Waals surface area contributed by atoms with Gasteiger partial charge < -0.3 is 5.43 Å². The van der Waals surface area contributed by atoms with Crippen LogP contribution in [0.3, 0.4) is 0 Å². The third-order valence-electron chi connectivity index (χ3n) is 2.11. The van der Waals surface area contributed by atoms with Crippen LogP contribution in [0.15, 0.2) is 23.9 Å². The van der Waals surface area contributed by atoms with Gasteiger partial charge >= 0.3 is 0 Å². The highest BCUT2D eigenvalue weighted by Gasteiger charge is 2.30. The second-order valence-electron chi connectivity index (χ2n) is 2.77. The Morgan fingerprint density at radius 2 is 2.55 bits per heavy atom. The van der Waals surface area contributed by atoms with E-state index in [4.69, 9.17) is 5.26 Å². The van der Waals surface area contributed by atoms with E-state index in [1.807, 2.05) is 12.2 Å². The number of nitrogens with one attached hydrogen (secondary N) is 2. The van der Waals surface area contributed by atoms with Crippen LogP contribution < -0.4 is 10.9 Å². The molecule has 1 fully saturated rings. The highest BCUT2D eigenvalue weighted by atomic mass is 15.4. The van der Waals surface area contributed by atoms with Gasteiger partial charge in [0.2, 0.25) is 0 Å². The van der Waals surface area contributed by atoms with E-state index in [2.05, 4.69) is 23.0 Å². The highest BCUT2D eigenvalue weighted by Crippen LogP contribution is 2.24. The molecule has 11 heavy (non-hydrogen) atoms. The predicted molar refractivity (Wildman–Crippen MR) is 41.0 cm³/mol. The average molecular weight is 147 g/mol. The zero-order valence-corrected chi connectivity index (χ0v) is 6.04. The number of hydrogen-bond acceptors (Lipinski definition) is 3. The lowest BCUT2D eigenvalue weighted by molar-refractivity contribution is 0.558. The van der Waals surface area contributed by atoms with Gasteiger partial charge in [-0.1, -0.05) is 12.2 Å². The number of fused-ring (bicyclic) bond motifs is 1. The molecule has 0 aromatic carbocycles. The SMILES string of the molecule is N#CC1NNC2=CC=CCC21. The topological polar surface area (TPSA) is 47.9 Å². The van der Waals surface area contributed by atoms with E-state index in [9.17, 15) is 0 Å². The van der Waals surface area contributed by atoms with Crippen molar-refractivity contribution in [3.63, 3.8) is 0 Å². The first kappa shape index (κ1) is 6.44. The van der Waals surface area contributed by atoms with Crippen LogP contribution >= 0.6 is 0 Å². The molecular formula is C8H9N3. The molecule has 0 spiro atoms. The number of hydrogen-bond donors (Lipinski definition) is 2. The van der Waals surface area contributed by atoms with E-state index in [1.54, 1.807) is 0 Å². The fourth-order valence-electron chi connectivity index (χ4n) is 1.48. The number of allylic oxidation sites excluding steroid dienone is 3. The molecule has 0 aromatic rings. The summed E-state index contributed by atoms with van der Waals surface area (Å²) in [6.45, 7) is 0. The van der Waals surface area contributed by atoms with Crippen LogP contribution in [0.4, 0.5) is 0 Å². The monoisotopic (exact) mass is 147 g/mol. The van der Waals surface area contributed by atoms with Crippen LogP contribution in [0.5, 0.6) is 0 Å². The van der Waals surface area contributed by atoms with Gasteiger partial charge in [0, 0.05) is 11.6 Å². The minimum atomic E-state index is -0.0637. The van der Waals surface area contributed by atoms with Crippen molar-refractivity contribution in [2.75, 3.05) is 0 Å². The van der Waals surface area contributed by atoms with Crippen molar-refractivity contribution in [2.24, 2.45) is 5.92 Å². The molecule has 3 heteroatoms. The molecule has 1 aliphatic carbocycles. The van der Waals surface area contributed by atoms with Gasteiger partial charge in [-0.15, -0.1) is 0 Å². The van der Waals surface area contributed by atoms with Crippen molar-refractivity contribution in [1.29, 1.82) is 5.26 Å². The molecule has 0 amide bonds. The number of nitriles is 1. The number of nitrogens with zero attached hydrogens (tertiary/aromatic N) is 1. The molecule has 0 aromatic heterocycles. The minimum Gasteiger partial charge on any atom is -0.324 e. The molecular weight excluding hydrogens is 138 g/mol. The molecule has 2 N–H and O–H groups in total. The summed E-state index contributed by atoms with van der Waals surface area (Å²) in [6, 6.07) is 2.15. The van der Waals surface area contributed by atoms with Crippen molar-refractivity contribution < 1.29 is 0 Å². The smallest absolute Gasteiger partial charge is 0.121 e. The fourth-order valence-corrected chi connectivity index (χ4v) is 1.48. The second kappa shape index (κ2) is 2.40. The zero-order valence-electron chi connectivity index (χ0n) is 6.04. The Labute approximate surface area is 65.4 Å². The summed E-state index contributed by atoms with van der Waals surface area (Å²) in [6.07, 6.45) is 7.08. The maximum absolute atomic E-state index is 8.70. The van der Waals surface area contributed by atoms with Crippen molar-refractivity contribution in [3.05, 3.63) is 23.9 Å². The lowest BCUT2D eigenvalue weighted by Gasteiger charge is -2.11. The Kier molecular flexibility index (Phi) is 1.41. The Hall–Kier alpha value is -1.27. The van der Waals surface area contributed by atoms with Crippen molar-refractivity contribution >= 4 is 0 Å². The Morgan fingerprint density at radius 3 is 3.36 bits per heavy atom. The van der Waals surface area contributed by atoms with Gasteiger partial charge in [-0.3, -0.25) is 0 Å². The average Bonchev–Trinajstić information content (AvgIpc) is 2.47. The van der Waals surface area contributed by atoms with E-state index < -0.39 is 0 Å². The lowest BCUT2D eigenvalue weighted by atomic mass is 9.93. The molecule has 2 rings (SSSR count). The van der Waals surface area contributed by atoms with E-state index in [-0.39, 0.29) is 6.04 Å². The van der Waals surface area contributed by atoms with Crippen LogP contribution in [0.25, 0.3) is 0 Å². The maximum atomic E-state index is 8.70. The highest BCUT2D eigenvalue weighted by molar-refractivity contribution is 5.26. The Balaban J connectivity index is 2.23. The Morgan fingerprint density at radius 1 is 1.64 bits per heavy atom. The summed E-state index contributed by atoms with van der Waals surface area (Å²) in [5.74, 6) is 0.338. The van der Waals surface area contributed by atoms with E-state index >= 15 is 0 Å². The van der Waals surface area contributed by atoms with Gasteiger partial charge in [0.1, 0.15) is 6.04 Å². The number of hydrazine groups is 1. The predicted octanol–water partition coefficient (Wildman–Crippen LogP) is 0.446. The number of rotatable bonds is 0. The molecule has 0 bridgehead atoms. The quantitative estimate of drug-likeness (QED) is 0.523. The van der Waals surface area contributed by atoms with Crippen LogP contribution in [0, 0.1) is 17.2 Å². The molecule has 0 radical (unpaired) electrons. The van der Waals surface area contributed by atoms with E-state index in [1.165, 1.54) is 0 Å². The van der Waals surface area contributed by atoms with Crippen molar-refractivity contribution in [1.82, 2.24) is 10.9 Å². The van der Waals surface area contributed by atoms with Crippen molar-refractivity contribution in [2.45, 2.75) is 12.5 Å². The van der Waals surface area contributed by atoms with E-state index in [0.29, 0.717) is 5.92 Å². The zero-order chi connectivity index (χ0) is 7.68. The molecule has 2 atom stereocenters. The summed E-state index contributed by atoms with van der Waals surface area (Å²) in [5.41, 5.74) is 7.06. The van der Waals surface area contributed by atoms with Crippen molar-refractivity contribution in [3.8, 4) is 6.07 Å². The Bertz CT molecular complexity index is 259. The molecule has 1 aliphatic heterocycles. The van der Waals surface area contributed by atoms with Crippen LogP contribution in [0.1, 0.15) is 6.42 Å². The normalized spacial score (nSPS) is 33.5. The third kappa shape index (κ3) is 0.920. The van der Waals surface area contributed by atoms with Gasteiger partial charge in [-0.05, 0) is 12.5 Å². The van der Waals surface area contributed by atoms with Gasteiger partial charge in [-0.2, -0.15) is 5.26 Å². The standard InChI is InChI=1S/C8H9N3/c9-5-8-6-3-1-2-4-7(6)10-11-8/h1-2,4,6,8,10-11H,3H2. The van der Waals surface area contributed by atoms with Gasteiger partial charge in [0.05, 0.1) is 6.07 Å². The fraction of sp³-hybridized carbons (Fsp3) is 0.375. The summed E-state index contributed by atoms with van der Waals surface area (Å²) < 4.78 is 0. The summed E-state index contributed by atoms with van der Waals surface area (Å²) in [4.78, 5) is 0. The molecule has 1 heterocycles. The largest absolute Gasteiger partial charge is 0.324 e. The summed E-state index contributed by atoms with van der Waals surface area (Å²) >= 11 is 0. The van der Waals surface area contributed by atoms with Crippen LogP contribution in [-0.2, 0) is 0 Å². The first-order chi connectivity index (χ1) is 5.42. The van der Waals surface area contributed by atoms with Gasteiger partial charge in [-0.25, -0.2) is 5.43 Å². The summed E-state index contributed by atoms with van der Waals surface area (Å²) in [5, 5.41) is 8.70. The molecule has 0 saturated carbocycles. The first-order valence-corrected chi connectivity index (χ1v) is 3.69. The second-order valence-corrected chi connectivity index (χ2v) is 2.77. The molecule has 56 valence electrons. The lowest BCUT2D eigenvalue weighted by Crippen LogP contribution is -2.29. The minimum absolute atomic E-state index is 0.0637. The van der Waals surface area contributed by atoms with Crippen LogP contribution in [-0.4, -0.2) is 6.04 Å². The third-order valence-corrected chi connectivity index (χ3v) is 2.11. The van der Waals surface area contributed by atoms with Gasteiger partial charge in [0.25, 0.3) is 0 Å². The maximum Gasteiger partial charge on any atom is 0.121 e. The van der Waals surface area contributed by atoms with E-state index in [0.717, 1.165) is 12.1 Å². The molecule has 2 unspecified atom stereocenters. The molecule has 1 saturated heterocycles. The molecule has 3 nitrogen and oxygen atoms in total. The summed E-state index contributed by atoms with van der Waals surface area (Å²) in [7, 11) is 0. The first-order valence-electron chi connectivity index (χ1n) is 3.69. The molecule has 2 aliphatic rings.